The van der Waals surface area contributed by atoms with E-state index in [1.807, 2.05) is 12.1 Å². The Morgan fingerprint density at radius 1 is 1.60 bits per heavy atom. The van der Waals surface area contributed by atoms with Gasteiger partial charge in [-0.2, -0.15) is 0 Å². The molecule has 1 unspecified atom stereocenters. The zero-order valence-electron chi connectivity index (χ0n) is 10.9. The fourth-order valence-electron chi connectivity index (χ4n) is 2.30. The number of rotatable bonds is 1. The Morgan fingerprint density at radius 3 is 3.15 bits per heavy atom. The summed E-state index contributed by atoms with van der Waals surface area (Å²) in [6, 6.07) is 3.21. The maximum atomic E-state index is 12.6. The Kier molecular flexibility index (Phi) is 3.06. The standard InChI is InChI=1S/C13H14N4O2S/c1-7-12(18)16-5-6-17(7)13(19)11-9(14)10-8(20-11)3-2-4-15-10/h2-4,7H,5-6,14H2,1H3,(H,16,18). The smallest absolute Gasteiger partial charge is 0.266 e. The molecule has 0 aromatic carbocycles. The molecule has 3 rings (SSSR count). The van der Waals surface area contributed by atoms with Crippen LogP contribution in [0.15, 0.2) is 18.3 Å². The van der Waals surface area contributed by atoms with E-state index in [4.69, 9.17) is 5.73 Å². The van der Waals surface area contributed by atoms with Gasteiger partial charge in [-0.3, -0.25) is 14.6 Å². The molecule has 104 valence electrons. The summed E-state index contributed by atoms with van der Waals surface area (Å²) in [6.07, 6.45) is 1.65. The third kappa shape index (κ3) is 1.90. The van der Waals surface area contributed by atoms with E-state index in [1.165, 1.54) is 11.3 Å². The van der Waals surface area contributed by atoms with E-state index in [1.54, 1.807) is 18.0 Å². The first-order valence-corrected chi connectivity index (χ1v) is 7.13. The number of thiophene rings is 1. The van der Waals surface area contributed by atoms with E-state index in [0.29, 0.717) is 29.2 Å². The molecule has 1 atom stereocenters. The maximum Gasteiger partial charge on any atom is 0.266 e. The van der Waals surface area contributed by atoms with Crippen LogP contribution in [0.2, 0.25) is 0 Å². The molecule has 7 heteroatoms. The van der Waals surface area contributed by atoms with Crippen LogP contribution in [0.4, 0.5) is 5.69 Å². The predicted octanol–water partition coefficient (Wildman–Crippen LogP) is 0.839. The van der Waals surface area contributed by atoms with Crippen LogP contribution >= 0.6 is 11.3 Å². The maximum absolute atomic E-state index is 12.6. The summed E-state index contributed by atoms with van der Waals surface area (Å²) in [7, 11) is 0. The van der Waals surface area contributed by atoms with Gasteiger partial charge in [-0.15, -0.1) is 11.3 Å². The first-order valence-electron chi connectivity index (χ1n) is 6.31. The average molecular weight is 290 g/mol. The molecule has 1 aliphatic heterocycles. The summed E-state index contributed by atoms with van der Waals surface area (Å²) < 4.78 is 0.877. The quantitative estimate of drug-likeness (QED) is 0.814. The highest BCUT2D eigenvalue weighted by Crippen LogP contribution is 2.33. The minimum absolute atomic E-state index is 0.137. The van der Waals surface area contributed by atoms with Crippen LogP contribution in [-0.2, 0) is 4.79 Å². The van der Waals surface area contributed by atoms with Crippen LogP contribution in [0.5, 0.6) is 0 Å². The number of piperazine rings is 1. The normalized spacial score (nSPS) is 19.1. The topological polar surface area (TPSA) is 88.3 Å². The fraction of sp³-hybridized carbons (Fsp3) is 0.308. The zero-order valence-corrected chi connectivity index (χ0v) is 11.7. The Morgan fingerprint density at radius 2 is 2.40 bits per heavy atom. The van der Waals surface area contributed by atoms with Crippen molar-refractivity contribution in [2.24, 2.45) is 0 Å². The number of amides is 2. The van der Waals surface area contributed by atoms with Crippen molar-refractivity contribution in [3.05, 3.63) is 23.2 Å². The SMILES string of the molecule is CC1C(=O)NCCN1C(=O)c1sc2cccnc2c1N. The minimum Gasteiger partial charge on any atom is -0.396 e. The van der Waals surface area contributed by atoms with E-state index < -0.39 is 6.04 Å². The molecule has 1 fully saturated rings. The molecule has 0 bridgehead atoms. The van der Waals surface area contributed by atoms with Crippen molar-refractivity contribution >= 4 is 39.1 Å². The number of nitrogens with two attached hydrogens (primary N) is 1. The molecule has 20 heavy (non-hydrogen) atoms. The molecule has 2 amide bonds. The van der Waals surface area contributed by atoms with Crippen LogP contribution in [-0.4, -0.2) is 40.8 Å². The minimum atomic E-state index is -0.478. The lowest BCUT2D eigenvalue weighted by Gasteiger charge is -2.32. The molecule has 3 heterocycles. The summed E-state index contributed by atoms with van der Waals surface area (Å²) in [6.45, 7) is 2.68. The van der Waals surface area contributed by atoms with Gasteiger partial charge in [0.15, 0.2) is 0 Å². The summed E-state index contributed by atoms with van der Waals surface area (Å²) in [5, 5.41) is 2.74. The lowest BCUT2D eigenvalue weighted by atomic mass is 10.2. The van der Waals surface area contributed by atoms with Gasteiger partial charge >= 0.3 is 0 Å². The Labute approximate surface area is 119 Å². The van der Waals surface area contributed by atoms with Crippen molar-refractivity contribution in [2.75, 3.05) is 18.8 Å². The molecular formula is C13H14N4O2S. The fourth-order valence-corrected chi connectivity index (χ4v) is 3.33. The second-order valence-corrected chi connectivity index (χ2v) is 5.71. The van der Waals surface area contributed by atoms with Gasteiger partial charge in [0.2, 0.25) is 5.91 Å². The van der Waals surface area contributed by atoms with Gasteiger partial charge in [0.25, 0.3) is 5.91 Å². The number of fused-ring (bicyclic) bond motifs is 1. The number of nitrogens with one attached hydrogen (secondary N) is 1. The number of nitrogen functional groups attached to an aromatic ring is 1. The number of nitrogens with zero attached hydrogens (tertiary/aromatic N) is 2. The van der Waals surface area contributed by atoms with Gasteiger partial charge in [0, 0.05) is 19.3 Å². The molecule has 3 N–H and O–H groups in total. The summed E-state index contributed by atoms with van der Waals surface area (Å²) in [4.78, 5) is 30.5. The van der Waals surface area contributed by atoms with Gasteiger partial charge in [0.1, 0.15) is 16.4 Å². The van der Waals surface area contributed by atoms with Gasteiger partial charge in [-0.25, -0.2) is 0 Å². The first-order chi connectivity index (χ1) is 9.59. The highest BCUT2D eigenvalue weighted by Gasteiger charge is 2.32. The molecule has 6 nitrogen and oxygen atoms in total. The van der Waals surface area contributed by atoms with Crippen molar-refractivity contribution in [1.29, 1.82) is 0 Å². The number of pyridine rings is 1. The Balaban J connectivity index is 2.00. The second kappa shape index (κ2) is 4.75. The van der Waals surface area contributed by atoms with Crippen LogP contribution in [0.25, 0.3) is 10.2 Å². The van der Waals surface area contributed by atoms with Crippen molar-refractivity contribution in [1.82, 2.24) is 15.2 Å². The van der Waals surface area contributed by atoms with Gasteiger partial charge in [0.05, 0.1) is 10.4 Å². The molecule has 0 spiro atoms. The third-order valence-electron chi connectivity index (χ3n) is 3.44. The molecule has 0 aliphatic carbocycles. The zero-order chi connectivity index (χ0) is 14.3. The summed E-state index contributed by atoms with van der Waals surface area (Å²) in [5.41, 5.74) is 7.07. The van der Waals surface area contributed by atoms with Crippen LogP contribution < -0.4 is 11.1 Å². The Bertz CT molecular complexity index is 697. The van der Waals surface area contributed by atoms with E-state index in [-0.39, 0.29) is 11.8 Å². The number of hydrogen-bond acceptors (Lipinski definition) is 5. The van der Waals surface area contributed by atoms with Crippen molar-refractivity contribution in [2.45, 2.75) is 13.0 Å². The predicted molar refractivity (Wildman–Crippen MR) is 77.5 cm³/mol. The molecule has 2 aromatic rings. The average Bonchev–Trinajstić information content (AvgIpc) is 2.79. The highest BCUT2D eigenvalue weighted by molar-refractivity contribution is 7.21. The lowest BCUT2D eigenvalue weighted by Crippen LogP contribution is -2.55. The molecular weight excluding hydrogens is 276 g/mol. The molecule has 2 aromatic heterocycles. The summed E-state index contributed by atoms with van der Waals surface area (Å²) >= 11 is 1.32. The molecule has 1 saturated heterocycles. The molecule has 0 saturated carbocycles. The molecule has 1 aliphatic rings. The van der Waals surface area contributed by atoms with Gasteiger partial charge < -0.3 is 16.0 Å². The largest absolute Gasteiger partial charge is 0.396 e. The molecule has 0 radical (unpaired) electrons. The first kappa shape index (κ1) is 12.9. The van der Waals surface area contributed by atoms with E-state index in [2.05, 4.69) is 10.3 Å². The number of anilines is 1. The monoisotopic (exact) mass is 290 g/mol. The van der Waals surface area contributed by atoms with Gasteiger partial charge in [-0.1, -0.05) is 0 Å². The lowest BCUT2D eigenvalue weighted by molar-refractivity contribution is -0.127. The van der Waals surface area contributed by atoms with Crippen molar-refractivity contribution < 1.29 is 9.59 Å². The Hall–Kier alpha value is -2.15. The van der Waals surface area contributed by atoms with E-state index in [9.17, 15) is 9.59 Å². The second-order valence-electron chi connectivity index (χ2n) is 4.66. The number of carbonyl (C=O) groups is 2. The van der Waals surface area contributed by atoms with Crippen molar-refractivity contribution in [3.63, 3.8) is 0 Å². The van der Waals surface area contributed by atoms with E-state index >= 15 is 0 Å². The summed E-state index contributed by atoms with van der Waals surface area (Å²) in [5.74, 6) is -0.338. The van der Waals surface area contributed by atoms with Gasteiger partial charge in [-0.05, 0) is 19.1 Å². The van der Waals surface area contributed by atoms with Crippen LogP contribution in [0.1, 0.15) is 16.6 Å². The van der Waals surface area contributed by atoms with Crippen molar-refractivity contribution in [3.8, 4) is 0 Å². The van der Waals surface area contributed by atoms with Crippen LogP contribution in [0.3, 0.4) is 0 Å². The number of carbonyl (C=O) groups excluding carboxylic acids is 2. The van der Waals surface area contributed by atoms with Crippen LogP contribution in [0, 0.1) is 0 Å². The van der Waals surface area contributed by atoms with E-state index in [0.717, 1.165) is 4.70 Å². The third-order valence-corrected chi connectivity index (χ3v) is 4.58. The number of aromatic nitrogens is 1. The number of hydrogen-bond donors (Lipinski definition) is 2. The highest BCUT2D eigenvalue weighted by atomic mass is 32.1.